The molecule has 0 aliphatic heterocycles. The number of thiol groups is 1. The van der Waals surface area contributed by atoms with Crippen LogP contribution in [0, 0.1) is 5.82 Å². The molecule has 3 amide bonds. The van der Waals surface area contributed by atoms with E-state index >= 15 is 4.39 Å². The Bertz CT molecular complexity index is 1540. The van der Waals surface area contributed by atoms with Gasteiger partial charge < -0.3 is 15.3 Å². The molecule has 3 rings (SSSR count). The minimum absolute atomic E-state index is 0.000340. The Morgan fingerprint density at radius 1 is 0.977 bits per heavy atom. The van der Waals surface area contributed by atoms with Crippen molar-refractivity contribution >= 4 is 40.4 Å². The molecule has 44 heavy (non-hydrogen) atoms. The van der Waals surface area contributed by atoms with E-state index in [0.717, 1.165) is 12.5 Å². The molecular formula is C32H38FN3O6S2. The first-order valence-corrected chi connectivity index (χ1v) is 16.3. The summed E-state index contributed by atoms with van der Waals surface area (Å²) in [6.45, 7) is 2.88. The molecule has 0 saturated heterocycles. The van der Waals surface area contributed by atoms with Crippen LogP contribution in [0.15, 0.2) is 77.7 Å². The van der Waals surface area contributed by atoms with E-state index in [-0.39, 0.29) is 54.1 Å². The molecule has 0 bridgehead atoms. The van der Waals surface area contributed by atoms with Crippen molar-refractivity contribution < 1.29 is 32.3 Å². The zero-order chi connectivity index (χ0) is 32.3. The second kappa shape index (κ2) is 16.4. The van der Waals surface area contributed by atoms with E-state index in [0.29, 0.717) is 24.9 Å². The minimum Gasteiger partial charge on any atom is -0.384 e. The van der Waals surface area contributed by atoms with E-state index in [1.165, 1.54) is 17.0 Å². The van der Waals surface area contributed by atoms with Crippen LogP contribution < -0.4 is 10.0 Å². The number of hydrogen-bond acceptors (Lipinski definition) is 7. The molecule has 0 spiro atoms. The molecule has 3 aromatic carbocycles. The smallest absolute Gasteiger partial charge is 0.267 e. The van der Waals surface area contributed by atoms with Crippen LogP contribution in [0.1, 0.15) is 44.2 Å². The Balaban J connectivity index is 1.82. The van der Waals surface area contributed by atoms with Gasteiger partial charge in [0.2, 0.25) is 11.8 Å². The van der Waals surface area contributed by atoms with Crippen LogP contribution >= 0.6 is 12.6 Å². The van der Waals surface area contributed by atoms with Gasteiger partial charge in [0, 0.05) is 48.9 Å². The highest BCUT2D eigenvalue weighted by Crippen LogP contribution is 2.32. The topological polar surface area (TPSA) is 133 Å². The SMILES string of the molecule is CCCC(=O)N(CCC(=O)NC[C@@H](S)Cc1ccccc1)Cc1ccc(-c2ccccc2)c(S(=O)(=O)NC(=O)[C@H](C)O)c1F. The first-order chi connectivity index (χ1) is 20.9. The summed E-state index contributed by atoms with van der Waals surface area (Å²) in [4.78, 5) is 38.3. The first-order valence-electron chi connectivity index (χ1n) is 14.3. The highest BCUT2D eigenvalue weighted by Gasteiger charge is 2.30. The van der Waals surface area contributed by atoms with Gasteiger partial charge in [-0.25, -0.2) is 17.5 Å². The molecule has 0 aromatic heterocycles. The molecule has 12 heteroatoms. The Labute approximate surface area is 263 Å². The molecule has 0 fully saturated rings. The second-order valence-corrected chi connectivity index (χ2v) is 12.7. The predicted octanol–water partition coefficient (Wildman–Crippen LogP) is 3.85. The molecule has 0 saturated carbocycles. The average Bonchev–Trinajstić information content (AvgIpc) is 2.99. The zero-order valence-electron chi connectivity index (χ0n) is 24.7. The molecule has 3 N–H and O–H groups in total. The normalized spacial score (nSPS) is 12.7. The largest absolute Gasteiger partial charge is 0.384 e. The van der Waals surface area contributed by atoms with E-state index in [4.69, 9.17) is 0 Å². The van der Waals surface area contributed by atoms with Crippen LogP contribution in [-0.4, -0.2) is 60.6 Å². The van der Waals surface area contributed by atoms with E-state index in [2.05, 4.69) is 17.9 Å². The summed E-state index contributed by atoms with van der Waals surface area (Å²) in [7, 11) is -4.78. The maximum atomic E-state index is 16.1. The van der Waals surface area contributed by atoms with Crippen molar-refractivity contribution in [3.8, 4) is 11.1 Å². The number of halogens is 1. The third kappa shape index (κ3) is 9.90. The van der Waals surface area contributed by atoms with Crippen LogP contribution in [0.4, 0.5) is 4.39 Å². The third-order valence-electron chi connectivity index (χ3n) is 6.78. The van der Waals surface area contributed by atoms with Crippen molar-refractivity contribution in [3.05, 3.63) is 89.7 Å². The number of carbonyl (C=O) groups is 3. The number of aliphatic hydroxyl groups is 1. The fourth-order valence-corrected chi connectivity index (χ4v) is 6.16. The molecule has 236 valence electrons. The van der Waals surface area contributed by atoms with Crippen molar-refractivity contribution in [1.29, 1.82) is 0 Å². The molecular weight excluding hydrogens is 605 g/mol. The Morgan fingerprint density at radius 3 is 2.23 bits per heavy atom. The number of hydrogen-bond donors (Lipinski definition) is 4. The van der Waals surface area contributed by atoms with Crippen molar-refractivity contribution in [1.82, 2.24) is 14.9 Å². The fourth-order valence-electron chi connectivity index (χ4n) is 4.48. The maximum absolute atomic E-state index is 16.1. The average molecular weight is 644 g/mol. The van der Waals surface area contributed by atoms with Crippen LogP contribution in [0.25, 0.3) is 11.1 Å². The quantitative estimate of drug-likeness (QED) is 0.186. The Kier molecular flexibility index (Phi) is 12.9. The Morgan fingerprint density at radius 2 is 1.61 bits per heavy atom. The van der Waals surface area contributed by atoms with Gasteiger partial charge in [-0.15, -0.1) is 0 Å². The van der Waals surface area contributed by atoms with E-state index in [1.54, 1.807) is 35.1 Å². The lowest BCUT2D eigenvalue weighted by Crippen LogP contribution is -2.38. The molecule has 0 heterocycles. The molecule has 9 nitrogen and oxygen atoms in total. The monoisotopic (exact) mass is 643 g/mol. The first kappa shape index (κ1) is 34.7. The van der Waals surface area contributed by atoms with Gasteiger partial charge in [-0.3, -0.25) is 14.4 Å². The summed E-state index contributed by atoms with van der Waals surface area (Å²) in [5.74, 6) is -2.99. The molecule has 0 aliphatic carbocycles. The number of aliphatic hydroxyl groups excluding tert-OH is 1. The summed E-state index contributed by atoms with van der Waals surface area (Å²) in [5.41, 5.74) is 1.36. The lowest BCUT2D eigenvalue weighted by Gasteiger charge is -2.24. The van der Waals surface area contributed by atoms with Crippen molar-refractivity contribution in [3.63, 3.8) is 0 Å². The molecule has 3 aromatic rings. The Hall–Kier alpha value is -3.74. The van der Waals surface area contributed by atoms with Gasteiger partial charge in [0.1, 0.15) is 16.8 Å². The fraction of sp³-hybridized carbons (Fsp3) is 0.344. The van der Waals surface area contributed by atoms with E-state index in [1.807, 2.05) is 37.3 Å². The van der Waals surface area contributed by atoms with Gasteiger partial charge in [0.15, 0.2) is 0 Å². The van der Waals surface area contributed by atoms with Gasteiger partial charge >= 0.3 is 0 Å². The van der Waals surface area contributed by atoms with Crippen molar-refractivity contribution in [2.75, 3.05) is 13.1 Å². The van der Waals surface area contributed by atoms with Crippen molar-refractivity contribution in [2.45, 2.75) is 62.3 Å². The molecule has 0 aliphatic rings. The number of carbonyl (C=O) groups excluding carboxylic acids is 3. The molecule has 2 atom stereocenters. The highest BCUT2D eigenvalue weighted by atomic mass is 32.2. The van der Waals surface area contributed by atoms with Crippen LogP contribution in [-0.2, 0) is 37.4 Å². The zero-order valence-corrected chi connectivity index (χ0v) is 26.4. The van der Waals surface area contributed by atoms with Crippen molar-refractivity contribution in [2.24, 2.45) is 0 Å². The summed E-state index contributed by atoms with van der Waals surface area (Å²) in [6, 6.07) is 20.7. The summed E-state index contributed by atoms with van der Waals surface area (Å²) >= 11 is 4.55. The van der Waals surface area contributed by atoms with Gasteiger partial charge in [0.05, 0.1) is 0 Å². The minimum atomic E-state index is -4.78. The third-order valence-corrected chi connectivity index (χ3v) is 8.55. The summed E-state index contributed by atoms with van der Waals surface area (Å²) in [5, 5.41) is 12.3. The predicted molar refractivity (Wildman–Crippen MR) is 170 cm³/mol. The number of nitrogens with one attached hydrogen (secondary N) is 2. The van der Waals surface area contributed by atoms with Gasteiger partial charge in [0.25, 0.3) is 15.9 Å². The number of benzene rings is 3. The molecule has 0 unspecified atom stereocenters. The van der Waals surface area contributed by atoms with E-state index in [9.17, 15) is 27.9 Å². The number of nitrogens with zero attached hydrogens (tertiary/aromatic N) is 1. The molecule has 0 radical (unpaired) electrons. The second-order valence-electron chi connectivity index (χ2n) is 10.4. The summed E-state index contributed by atoms with van der Waals surface area (Å²) < 4.78 is 44.4. The number of rotatable bonds is 15. The highest BCUT2D eigenvalue weighted by molar-refractivity contribution is 7.90. The summed E-state index contributed by atoms with van der Waals surface area (Å²) in [6.07, 6.45) is -0.382. The van der Waals surface area contributed by atoms with Crippen LogP contribution in [0.5, 0.6) is 0 Å². The lowest BCUT2D eigenvalue weighted by molar-refractivity contribution is -0.132. The van der Waals surface area contributed by atoms with Gasteiger partial charge in [-0.1, -0.05) is 79.7 Å². The van der Waals surface area contributed by atoms with Crippen LogP contribution in [0.3, 0.4) is 0 Å². The van der Waals surface area contributed by atoms with Crippen LogP contribution in [0.2, 0.25) is 0 Å². The number of sulfonamides is 1. The van der Waals surface area contributed by atoms with Gasteiger partial charge in [-0.2, -0.15) is 12.6 Å². The number of amides is 3. The standard InChI is InChI=1S/C32H38FN3O6S2/c1-3-10-29(39)36(18-17-28(38)34-20-26(43)19-23-11-6-4-7-12-23)21-25-15-16-27(24-13-8-5-9-14-24)31(30(25)33)44(41,42)35-32(40)22(2)37/h4-9,11-16,22,26,37,43H,3,10,17-21H2,1-2H3,(H,34,38)(H,35,40)/t22-,26-/m0/s1. The lowest BCUT2D eigenvalue weighted by atomic mass is 10.0. The van der Waals surface area contributed by atoms with E-state index < -0.39 is 32.7 Å². The van der Waals surface area contributed by atoms with Gasteiger partial charge in [-0.05, 0) is 30.9 Å². The maximum Gasteiger partial charge on any atom is 0.267 e.